The first-order valence-corrected chi connectivity index (χ1v) is 12.5. The first-order chi connectivity index (χ1) is 16.3. The number of carbonyl (C=O) groups is 5. The Balaban J connectivity index is 1.75. The van der Waals surface area contributed by atoms with Gasteiger partial charge in [0.1, 0.15) is 0 Å². The normalized spacial score (nSPS) is 26.0. The molecule has 2 saturated heterocycles. The fraction of sp³-hybridized carbons (Fsp3) is 0.783. The number of carbonyl (C=O) groups excluding carboxylic acids is 5. The van der Waals surface area contributed by atoms with E-state index in [2.05, 4.69) is 5.32 Å². The summed E-state index contributed by atoms with van der Waals surface area (Å²) in [5.74, 6) is -1.59. The number of amides is 6. The van der Waals surface area contributed by atoms with Gasteiger partial charge in [-0.2, -0.15) is 4.48 Å². The SMILES string of the molecule is NC(=O)[C@@H]1CCC[N+]1(C(=O)NCCCN1CCCC1=O)C(=O)[C@H](CC1CCCC1)CN(O)C=O. The highest BCUT2D eigenvalue weighted by atomic mass is 16.5. The third-order valence-electron chi connectivity index (χ3n) is 7.63. The number of nitrogens with zero attached hydrogens (tertiary/aromatic N) is 3. The van der Waals surface area contributed by atoms with Crippen molar-refractivity contribution in [3.05, 3.63) is 0 Å². The minimum absolute atomic E-state index is 0.108. The standard InChI is InChI=1S/C23H37N5O6/c24-21(31)19-8-4-13-28(19,23(33)25-10-5-12-26-11-3-9-20(26)30)22(32)18(15-27(34)16-29)14-17-6-1-2-7-17/h16-19,34H,1-15H2,(H2-,24,25,31,33)/p+1/t18-,19+,28?/m1/s1. The van der Waals surface area contributed by atoms with Crippen molar-refractivity contribution >= 4 is 30.2 Å². The van der Waals surface area contributed by atoms with E-state index >= 15 is 0 Å². The summed E-state index contributed by atoms with van der Waals surface area (Å²) in [7, 11) is 0. The lowest BCUT2D eigenvalue weighted by molar-refractivity contribution is -0.779. The van der Waals surface area contributed by atoms with E-state index in [4.69, 9.17) is 5.73 Å². The fourth-order valence-corrected chi connectivity index (χ4v) is 5.92. The van der Waals surface area contributed by atoms with Crippen LogP contribution in [0.1, 0.15) is 64.2 Å². The molecule has 1 aliphatic carbocycles. The van der Waals surface area contributed by atoms with Gasteiger partial charge >= 0.3 is 11.9 Å². The van der Waals surface area contributed by atoms with Gasteiger partial charge in [-0.25, -0.2) is 14.7 Å². The molecule has 0 spiro atoms. The predicted molar refractivity (Wildman–Crippen MR) is 121 cm³/mol. The van der Waals surface area contributed by atoms with Gasteiger partial charge in [-0.1, -0.05) is 25.7 Å². The molecule has 0 radical (unpaired) electrons. The van der Waals surface area contributed by atoms with E-state index in [-0.39, 0.29) is 37.9 Å². The zero-order chi connectivity index (χ0) is 24.7. The maximum absolute atomic E-state index is 13.9. The van der Waals surface area contributed by atoms with Gasteiger partial charge in [0.2, 0.25) is 12.3 Å². The second kappa shape index (κ2) is 11.7. The van der Waals surface area contributed by atoms with Crippen LogP contribution >= 0.6 is 0 Å². The monoisotopic (exact) mass is 480 g/mol. The van der Waals surface area contributed by atoms with Crippen LogP contribution in [0.5, 0.6) is 0 Å². The summed E-state index contributed by atoms with van der Waals surface area (Å²) in [6.07, 6.45) is 7.45. The maximum Gasteiger partial charge on any atom is 0.424 e. The van der Waals surface area contributed by atoms with Gasteiger partial charge in [-0.3, -0.25) is 19.6 Å². The highest BCUT2D eigenvalue weighted by molar-refractivity contribution is 5.91. The Labute approximate surface area is 200 Å². The number of nitrogens with one attached hydrogen (secondary N) is 1. The van der Waals surface area contributed by atoms with Crippen LogP contribution in [-0.2, 0) is 19.2 Å². The van der Waals surface area contributed by atoms with Crippen molar-refractivity contribution in [2.45, 2.75) is 70.3 Å². The van der Waals surface area contributed by atoms with Crippen molar-refractivity contribution in [2.75, 3.05) is 32.7 Å². The van der Waals surface area contributed by atoms with Gasteiger partial charge in [0.25, 0.3) is 5.91 Å². The van der Waals surface area contributed by atoms with Gasteiger partial charge in [0.15, 0.2) is 6.04 Å². The first-order valence-electron chi connectivity index (χ1n) is 12.5. The second-order valence-electron chi connectivity index (χ2n) is 9.87. The van der Waals surface area contributed by atoms with Crippen molar-refractivity contribution in [1.29, 1.82) is 0 Å². The Kier molecular flexibility index (Phi) is 9.01. The molecule has 0 aromatic heterocycles. The number of hydrogen-bond acceptors (Lipinski definition) is 6. The molecule has 190 valence electrons. The van der Waals surface area contributed by atoms with Crippen LogP contribution in [0.3, 0.4) is 0 Å². The van der Waals surface area contributed by atoms with Crippen LogP contribution in [-0.4, -0.2) is 88.6 Å². The summed E-state index contributed by atoms with van der Waals surface area (Å²) < 4.78 is -0.720. The molecule has 0 aromatic carbocycles. The van der Waals surface area contributed by atoms with E-state index in [0.29, 0.717) is 50.3 Å². The predicted octanol–water partition coefficient (Wildman–Crippen LogP) is 0.744. The van der Waals surface area contributed by atoms with Gasteiger partial charge < -0.3 is 16.0 Å². The number of hydroxylamine groups is 2. The van der Waals surface area contributed by atoms with Crippen LogP contribution in [0.25, 0.3) is 0 Å². The molecular formula is C23H38N5O6+. The average molecular weight is 481 g/mol. The molecular weight excluding hydrogens is 442 g/mol. The van der Waals surface area contributed by atoms with E-state index in [9.17, 15) is 29.2 Å². The summed E-state index contributed by atoms with van der Waals surface area (Å²) in [6, 6.07) is -1.56. The molecule has 11 heteroatoms. The number of imide groups is 1. The Hall–Kier alpha value is -2.53. The zero-order valence-corrected chi connectivity index (χ0v) is 19.8. The zero-order valence-electron chi connectivity index (χ0n) is 19.8. The van der Waals surface area contributed by atoms with E-state index in [1.54, 1.807) is 4.90 Å². The Morgan fingerprint density at radius 2 is 1.94 bits per heavy atom. The highest BCUT2D eigenvalue weighted by Crippen LogP contribution is 2.36. The molecule has 3 fully saturated rings. The van der Waals surface area contributed by atoms with Crippen LogP contribution in [0.15, 0.2) is 0 Å². The summed E-state index contributed by atoms with van der Waals surface area (Å²) in [5, 5.41) is 13.1. The quantitative estimate of drug-likeness (QED) is 0.131. The average Bonchev–Trinajstić information content (AvgIpc) is 3.57. The maximum atomic E-state index is 13.9. The number of primary amides is 1. The molecule has 34 heavy (non-hydrogen) atoms. The molecule has 2 aliphatic heterocycles. The van der Waals surface area contributed by atoms with E-state index < -0.39 is 34.3 Å². The number of likely N-dealkylation sites (tertiary alicyclic amines) is 2. The topological polar surface area (TPSA) is 150 Å². The smallest absolute Gasteiger partial charge is 0.364 e. The van der Waals surface area contributed by atoms with Crippen LogP contribution < -0.4 is 11.1 Å². The molecule has 2 heterocycles. The number of hydrogen-bond donors (Lipinski definition) is 3. The van der Waals surface area contributed by atoms with Crippen LogP contribution in [0, 0.1) is 11.8 Å². The third kappa shape index (κ3) is 5.75. The number of urea groups is 1. The number of rotatable bonds is 11. The lowest BCUT2D eigenvalue weighted by atomic mass is 9.90. The van der Waals surface area contributed by atoms with Gasteiger partial charge in [-0.05, 0) is 25.2 Å². The van der Waals surface area contributed by atoms with E-state index in [1.165, 1.54) is 0 Å². The van der Waals surface area contributed by atoms with Crippen molar-refractivity contribution in [1.82, 2.24) is 15.3 Å². The largest absolute Gasteiger partial charge is 0.424 e. The number of quaternary nitrogens is 1. The van der Waals surface area contributed by atoms with Crippen molar-refractivity contribution in [3.8, 4) is 0 Å². The minimum Gasteiger partial charge on any atom is -0.364 e. The minimum atomic E-state index is -0.984. The highest BCUT2D eigenvalue weighted by Gasteiger charge is 2.58. The van der Waals surface area contributed by atoms with E-state index in [1.807, 2.05) is 0 Å². The first kappa shape index (κ1) is 26.1. The lowest BCUT2D eigenvalue weighted by Gasteiger charge is -2.36. The Morgan fingerprint density at radius 1 is 1.21 bits per heavy atom. The molecule has 1 unspecified atom stereocenters. The summed E-state index contributed by atoms with van der Waals surface area (Å²) >= 11 is 0. The van der Waals surface area contributed by atoms with Crippen molar-refractivity contribution < 1.29 is 33.7 Å². The lowest BCUT2D eigenvalue weighted by Crippen LogP contribution is -2.68. The molecule has 0 bridgehead atoms. The Bertz CT molecular complexity index is 786. The van der Waals surface area contributed by atoms with Gasteiger partial charge in [0, 0.05) is 38.9 Å². The van der Waals surface area contributed by atoms with Crippen LogP contribution in [0.4, 0.5) is 4.79 Å². The molecule has 1 saturated carbocycles. The fourth-order valence-electron chi connectivity index (χ4n) is 5.92. The summed E-state index contributed by atoms with van der Waals surface area (Å²) in [5.41, 5.74) is 5.65. The summed E-state index contributed by atoms with van der Waals surface area (Å²) in [6.45, 7) is 1.42. The molecule has 11 nitrogen and oxygen atoms in total. The van der Waals surface area contributed by atoms with Crippen LogP contribution in [0.2, 0.25) is 0 Å². The van der Waals surface area contributed by atoms with Crippen molar-refractivity contribution in [2.24, 2.45) is 17.6 Å². The molecule has 4 N–H and O–H groups in total. The second-order valence-corrected chi connectivity index (χ2v) is 9.87. The molecule has 3 aliphatic rings. The third-order valence-corrected chi connectivity index (χ3v) is 7.63. The molecule has 6 amide bonds. The van der Waals surface area contributed by atoms with Gasteiger partial charge in [-0.15, -0.1) is 0 Å². The van der Waals surface area contributed by atoms with Gasteiger partial charge in [0.05, 0.1) is 19.0 Å². The summed E-state index contributed by atoms with van der Waals surface area (Å²) in [4.78, 5) is 64.4. The van der Waals surface area contributed by atoms with E-state index in [0.717, 1.165) is 32.1 Å². The molecule has 3 rings (SSSR count). The van der Waals surface area contributed by atoms with Crippen molar-refractivity contribution in [3.63, 3.8) is 0 Å². The molecule has 3 atom stereocenters. The number of nitrogens with two attached hydrogens (primary N) is 1. The molecule has 0 aromatic rings. The Morgan fingerprint density at radius 3 is 2.56 bits per heavy atom.